The van der Waals surface area contributed by atoms with Gasteiger partial charge in [0, 0.05) is 35.8 Å². The summed E-state index contributed by atoms with van der Waals surface area (Å²) in [6, 6.07) is 6.57. The fourth-order valence-electron chi connectivity index (χ4n) is 4.32. The van der Waals surface area contributed by atoms with Gasteiger partial charge in [-0.25, -0.2) is 0 Å². The first-order valence-corrected chi connectivity index (χ1v) is 14.5. The Hall–Kier alpha value is -3.15. The SMILES string of the molecule is CC1(C)OB(O)c2ccc(NC(=O)C(CSc3ccc(C(F)(F)F)cc3)NC(=O)C(N)CCC(=O)NC(CN)CN)cc21. The van der Waals surface area contributed by atoms with Crippen LogP contribution in [0.15, 0.2) is 47.4 Å². The van der Waals surface area contributed by atoms with Gasteiger partial charge >= 0.3 is 13.3 Å². The summed E-state index contributed by atoms with van der Waals surface area (Å²) in [5.74, 6) is -1.72. The molecule has 0 bridgehead atoms. The lowest BCUT2D eigenvalue weighted by molar-refractivity contribution is -0.137. The van der Waals surface area contributed by atoms with Gasteiger partial charge in [0.2, 0.25) is 17.7 Å². The maximum Gasteiger partial charge on any atom is 0.492 e. The Bertz CT molecular complexity index is 1300. The van der Waals surface area contributed by atoms with Crippen LogP contribution in [0.4, 0.5) is 18.9 Å². The van der Waals surface area contributed by atoms with Crippen LogP contribution in [0.5, 0.6) is 0 Å². The standard InChI is InChI=1S/C27H36BF3N6O5S/c1-26(2)19-11-16(5-8-20(19)28(41)42-26)36-25(40)22(14-43-18-6-3-15(4-7-18)27(29,30)31)37-24(39)21(34)9-10-23(38)35-17(12-32)13-33/h3-8,11,17,21-22,41H,9-10,12-14,32-34H2,1-2H3,(H,35,38)(H,36,40)(H,37,39). The van der Waals surface area contributed by atoms with Crippen molar-refractivity contribution in [3.05, 3.63) is 53.6 Å². The Morgan fingerprint density at radius 1 is 1.05 bits per heavy atom. The second-order valence-electron chi connectivity index (χ2n) is 10.5. The minimum absolute atomic E-state index is 0.0256. The maximum atomic E-state index is 13.4. The van der Waals surface area contributed by atoms with Crippen molar-refractivity contribution in [2.45, 2.75) is 61.5 Å². The van der Waals surface area contributed by atoms with Gasteiger partial charge in [0.05, 0.1) is 23.2 Å². The first kappa shape index (κ1) is 34.3. The normalized spacial score (nSPS) is 15.5. The van der Waals surface area contributed by atoms with Crippen molar-refractivity contribution in [3.8, 4) is 0 Å². The van der Waals surface area contributed by atoms with Gasteiger partial charge in [-0.05, 0) is 67.7 Å². The molecule has 11 nitrogen and oxygen atoms in total. The van der Waals surface area contributed by atoms with E-state index in [4.69, 9.17) is 21.9 Å². The fraction of sp³-hybridized carbons (Fsp3) is 0.444. The number of hydrogen-bond acceptors (Lipinski definition) is 9. The number of amides is 3. The maximum absolute atomic E-state index is 13.4. The number of benzene rings is 2. The van der Waals surface area contributed by atoms with Crippen LogP contribution in [-0.2, 0) is 30.8 Å². The van der Waals surface area contributed by atoms with Crippen molar-refractivity contribution in [1.82, 2.24) is 10.6 Å². The van der Waals surface area contributed by atoms with Gasteiger partial charge in [0.1, 0.15) is 6.04 Å². The Balaban J connectivity index is 1.71. The molecule has 0 spiro atoms. The summed E-state index contributed by atoms with van der Waals surface area (Å²) in [4.78, 5) is 38.9. The highest BCUT2D eigenvalue weighted by atomic mass is 32.2. The summed E-state index contributed by atoms with van der Waals surface area (Å²) < 4.78 is 44.4. The number of fused-ring (bicyclic) bond motifs is 1. The molecule has 2 aromatic rings. The third-order valence-corrected chi connectivity index (χ3v) is 7.93. The molecule has 234 valence electrons. The zero-order chi connectivity index (χ0) is 31.9. The third-order valence-electron chi connectivity index (χ3n) is 6.83. The minimum Gasteiger partial charge on any atom is -0.423 e. The van der Waals surface area contributed by atoms with Crippen LogP contribution in [0.25, 0.3) is 0 Å². The van der Waals surface area contributed by atoms with Crippen molar-refractivity contribution in [2.24, 2.45) is 17.2 Å². The lowest BCUT2D eigenvalue weighted by Crippen LogP contribution is -2.51. The highest BCUT2D eigenvalue weighted by molar-refractivity contribution is 7.99. The van der Waals surface area contributed by atoms with E-state index in [9.17, 15) is 32.6 Å². The first-order valence-electron chi connectivity index (χ1n) is 13.5. The van der Waals surface area contributed by atoms with Crippen LogP contribution in [0.2, 0.25) is 0 Å². The van der Waals surface area contributed by atoms with Gasteiger partial charge in [-0.2, -0.15) is 13.2 Å². The van der Waals surface area contributed by atoms with E-state index in [0.29, 0.717) is 21.6 Å². The molecule has 0 saturated carbocycles. The summed E-state index contributed by atoms with van der Waals surface area (Å²) in [5, 5.41) is 18.1. The molecular weight excluding hydrogens is 588 g/mol. The molecule has 0 fully saturated rings. The second-order valence-corrected chi connectivity index (χ2v) is 11.6. The number of thioether (sulfide) groups is 1. The van der Waals surface area contributed by atoms with Crippen LogP contribution in [0, 0.1) is 0 Å². The Morgan fingerprint density at radius 3 is 2.30 bits per heavy atom. The zero-order valence-electron chi connectivity index (χ0n) is 23.7. The average Bonchev–Trinajstić information content (AvgIpc) is 3.18. The van der Waals surface area contributed by atoms with Gasteiger partial charge in [0.15, 0.2) is 0 Å². The molecule has 1 aliphatic heterocycles. The summed E-state index contributed by atoms with van der Waals surface area (Å²) in [7, 11) is -1.11. The van der Waals surface area contributed by atoms with Crippen LogP contribution in [0.1, 0.15) is 37.8 Å². The average molecular weight is 624 g/mol. The van der Waals surface area contributed by atoms with E-state index in [-0.39, 0.29) is 37.6 Å². The molecule has 2 atom stereocenters. The molecule has 2 unspecified atom stereocenters. The molecule has 3 rings (SSSR count). The predicted octanol–water partition coefficient (Wildman–Crippen LogP) is 0.384. The van der Waals surface area contributed by atoms with E-state index in [2.05, 4.69) is 16.0 Å². The molecule has 1 heterocycles. The monoisotopic (exact) mass is 624 g/mol. The quantitative estimate of drug-likeness (QED) is 0.122. The molecule has 0 aromatic heterocycles. The summed E-state index contributed by atoms with van der Waals surface area (Å²) in [6.45, 7) is 3.84. The smallest absolute Gasteiger partial charge is 0.423 e. The van der Waals surface area contributed by atoms with E-state index >= 15 is 0 Å². The number of hydrogen-bond donors (Lipinski definition) is 7. The lowest BCUT2D eigenvalue weighted by atomic mass is 9.78. The molecule has 10 N–H and O–H groups in total. The highest BCUT2D eigenvalue weighted by Gasteiger charge is 2.40. The van der Waals surface area contributed by atoms with Crippen molar-refractivity contribution < 1.29 is 37.2 Å². The second kappa shape index (κ2) is 14.6. The van der Waals surface area contributed by atoms with E-state index in [0.717, 1.165) is 23.9 Å². The van der Waals surface area contributed by atoms with Gasteiger partial charge < -0.3 is 42.8 Å². The summed E-state index contributed by atoms with van der Waals surface area (Å²) in [5.41, 5.74) is 17.0. The number of alkyl halides is 3. The van der Waals surface area contributed by atoms with Crippen LogP contribution < -0.4 is 38.6 Å². The minimum atomic E-state index is -4.49. The van der Waals surface area contributed by atoms with Crippen molar-refractivity contribution in [3.63, 3.8) is 0 Å². The molecule has 0 saturated heterocycles. The Kier molecular flexibility index (Phi) is 11.6. The Labute approximate surface area is 252 Å². The van der Waals surface area contributed by atoms with Crippen molar-refractivity contribution in [2.75, 3.05) is 24.2 Å². The topological polar surface area (TPSA) is 195 Å². The number of halogens is 3. The van der Waals surface area contributed by atoms with Gasteiger partial charge in [-0.1, -0.05) is 6.07 Å². The Morgan fingerprint density at radius 2 is 1.70 bits per heavy atom. The van der Waals surface area contributed by atoms with Crippen LogP contribution >= 0.6 is 11.8 Å². The lowest BCUT2D eigenvalue weighted by Gasteiger charge is -2.22. The summed E-state index contributed by atoms with van der Waals surface area (Å²) >= 11 is 1.07. The molecule has 16 heteroatoms. The van der Waals surface area contributed by atoms with Gasteiger partial charge in [-0.3, -0.25) is 14.4 Å². The molecule has 2 aromatic carbocycles. The van der Waals surface area contributed by atoms with Crippen molar-refractivity contribution >= 4 is 47.8 Å². The molecule has 1 aliphatic rings. The number of rotatable bonds is 13. The number of carbonyl (C=O) groups excluding carboxylic acids is 3. The fourth-order valence-corrected chi connectivity index (χ4v) is 5.24. The predicted molar refractivity (Wildman–Crippen MR) is 158 cm³/mol. The van der Waals surface area contributed by atoms with E-state index in [1.807, 2.05) is 0 Å². The van der Waals surface area contributed by atoms with Crippen molar-refractivity contribution in [1.29, 1.82) is 0 Å². The molecule has 43 heavy (non-hydrogen) atoms. The molecule has 3 amide bonds. The molecule has 0 radical (unpaired) electrons. The van der Waals surface area contributed by atoms with Gasteiger partial charge in [0.25, 0.3) is 0 Å². The van der Waals surface area contributed by atoms with E-state index in [1.165, 1.54) is 12.1 Å². The third kappa shape index (κ3) is 9.42. The first-order chi connectivity index (χ1) is 20.1. The molecule has 0 aliphatic carbocycles. The molecular formula is C27H36BF3N6O5S. The largest absolute Gasteiger partial charge is 0.492 e. The van der Waals surface area contributed by atoms with Crippen LogP contribution in [-0.4, -0.2) is 66.8 Å². The number of carbonyl (C=O) groups is 3. The van der Waals surface area contributed by atoms with Crippen LogP contribution in [0.3, 0.4) is 0 Å². The number of anilines is 1. The zero-order valence-corrected chi connectivity index (χ0v) is 24.6. The number of nitrogens with two attached hydrogens (primary N) is 3. The number of nitrogens with one attached hydrogen (secondary N) is 3. The highest BCUT2D eigenvalue weighted by Crippen LogP contribution is 2.32. The van der Waals surface area contributed by atoms with E-state index in [1.54, 1.807) is 32.0 Å². The summed E-state index contributed by atoms with van der Waals surface area (Å²) in [6.07, 6.45) is -4.60. The van der Waals surface area contributed by atoms with Gasteiger partial charge in [-0.15, -0.1) is 11.8 Å². The van der Waals surface area contributed by atoms with E-state index < -0.39 is 54.4 Å².